The maximum absolute atomic E-state index is 12.1. The van der Waals surface area contributed by atoms with Gasteiger partial charge in [0.1, 0.15) is 0 Å². The van der Waals surface area contributed by atoms with Crippen molar-refractivity contribution in [1.29, 1.82) is 0 Å². The Morgan fingerprint density at radius 1 is 0.864 bits per heavy atom. The van der Waals surface area contributed by atoms with Crippen LogP contribution in [-0.2, 0) is 6.54 Å². The summed E-state index contributed by atoms with van der Waals surface area (Å²) in [6.45, 7) is 4.72. The molecular weight excluding hydrogens is 340 g/mol. The van der Waals surface area contributed by atoms with Gasteiger partial charge in [0.15, 0.2) is 0 Å². The zero-order valence-electron chi connectivity index (χ0n) is 12.4. The molecule has 1 heterocycles. The predicted molar refractivity (Wildman–Crippen MR) is 94.3 cm³/mol. The van der Waals surface area contributed by atoms with E-state index < -0.39 is 0 Å². The fraction of sp³-hybridized carbons (Fsp3) is 0.278. The first kappa shape index (κ1) is 15.3. The molecule has 0 N–H and O–H groups in total. The quantitative estimate of drug-likeness (QED) is 0.841. The average molecular weight is 359 g/mol. The molecule has 0 aliphatic carbocycles. The number of anilines is 1. The van der Waals surface area contributed by atoms with Crippen LogP contribution in [0.25, 0.3) is 0 Å². The van der Waals surface area contributed by atoms with Crippen molar-refractivity contribution >= 4 is 21.6 Å². The Balaban J connectivity index is 1.62. The van der Waals surface area contributed by atoms with E-state index in [9.17, 15) is 4.79 Å². The molecule has 0 aromatic heterocycles. The summed E-state index contributed by atoms with van der Waals surface area (Å²) in [5, 5.41) is 0. The van der Waals surface area contributed by atoms with E-state index in [4.69, 9.17) is 0 Å². The van der Waals surface area contributed by atoms with E-state index in [2.05, 4.69) is 50.0 Å². The first-order valence-electron chi connectivity index (χ1n) is 7.53. The molecule has 4 heteroatoms. The summed E-state index contributed by atoms with van der Waals surface area (Å²) in [6, 6.07) is 17.7. The molecule has 0 unspecified atom stereocenters. The zero-order chi connectivity index (χ0) is 15.4. The fourth-order valence-electron chi connectivity index (χ4n) is 2.78. The first-order chi connectivity index (χ1) is 10.7. The van der Waals surface area contributed by atoms with E-state index in [0.717, 1.165) is 42.9 Å². The summed E-state index contributed by atoms with van der Waals surface area (Å²) in [6.07, 6.45) is 0. The number of hydrogen-bond donors (Lipinski definition) is 0. The third-order valence-corrected chi connectivity index (χ3v) is 4.54. The highest BCUT2D eigenvalue weighted by atomic mass is 79.9. The zero-order valence-corrected chi connectivity index (χ0v) is 14.0. The van der Waals surface area contributed by atoms with Crippen molar-refractivity contribution in [2.45, 2.75) is 6.54 Å². The molecule has 22 heavy (non-hydrogen) atoms. The summed E-state index contributed by atoms with van der Waals surface area (Å²) >= 11 is 3.47. The van der Waals surface area contributed by atoms with Crippen molar-refractivity contribution in [2.24, 2.45) is 0 Å². The molecule has 114 valence electrons. The molecule has 2 aromatic carbocycles. The molecule has 1 fully saturated rings. The number of piperazine rings is 1. The minimum Gasteiger partial charge on any atom is -0.366 e. The Bertz CT molecular complexity index is 679. The summed E-state index contributed by atoms with van der Waals surface area (Å²) in [7, 11) is 0. The Hall–Kier alpha value is -1.65. The van der Waals surface area contributed by atoms with Crippen LogP contribution in [0.5, 0.6) is 0 Å². The molecule has 0 atom stereocenters. The number of halogens is 1. The van der Waals surface area contributed by atoms with Gasteiger partial charge < -0.3 is 4.90 Å². The summed E-state index contributed by atoms with van der Waals surface area (Å²) in [4.78, 5) is 16.7. The lowest BCUT2D eigenvalue weighted by atomic mass is 10.2. The first-order valence-corrected chi connectivity index (χ1v) is 8.33. The molecule has 2 aromatic rings. The molecule has 3 rings (SSSR count). The highest BCUT2D eigenvalue weighted by Gasteiger charge is 2.18. The molecule has 1 aliphatic heterocycles. The SMILES string of the molecule is O=c1cccccc1N1CCN(Cc2ccc(Br)cc2)CC1. The molecule has 0 bridgehead atoms. The van der Waals surface area contributed by atoms with Crippen molar-refractivity contribution in [3.8, 4) is 0 Å². The van der Waals surface area contributed by atoms with Gasteiger partial charge in [-0.1, -0.05) is 46.3 Å². The van der Waals surface area contributed by atoms with E-state index in [-0.39, 0.29) is 5.43 Å². The van der Waals surface area contributed by atoms with E-state index in [0.29, 0.717) is 0 Å². The molecular formula is C18H19BrN2O. The Kier molecular flexibility index (Phi) is 4.90. The van der Waals surface area contributed by atoms with Gasteiger partial charge in [0, 0.05) is 37.2 Å². The van der Waals surface area contributed by atoms with Crippen LogP contribution in [0, 0.1) is 0 Å². The molecule has 1 aliphatic rings. The smallest absolute Gasteiger partial charge is 0.201 e. The third-order valence-electron chi connectivity index (χ3n) is 4.01. The third kappa shape index (κ3) is 3.76. The Labute approximate surface area is 139 Å². The van der Waals surface area contributed by atoms with Crippen LogP contribution < -0.4 is 10.3 Å². The maximum atomic E-state index is 12.1. The molecule has 0 spiro atoms. The predicted octanol–water partition coefficient (Wildman–Crippen LogP) is 3.13. The second kappa shape index (κ2) is 7.07. The molecule has 0 radical (unpaired) electrons. The molecule has 1 saturated heterocycles. The van der Waals surface area contributed by atoms with Crippen LogP contribution in [0.3, 0.4) is 0 Å². The topological polar surface area (TPSA) is 23.6 Å². The second-order valence-corrected chi connectivity index (χ2v) is 6.47. The minimum absolute atomic E-state index is 0.103. The van der Waals surface area contributed by atoms with E-state index in [1.165, 1.54) is 5.56 Å². The van der Waals surface area contributed by atoms with Crippen molar-refractivity contribution in [3.05, 3.63) is 74.9 Å². The molecule has 3 nitrogen and oxygen atoms in total. The molecule has 0 saturated carbocycles. The van der Waals surface area contributed by atoms with Crippen LogP contribution in [0.2, 0.25) is 0 Å². The Morgan fingerprint density at radius 2 is 1.55 bits per heavy atom. The van der Waals surface area contributed by atoms with Crippen LogP contribution in [0.1, 0.15) is 5.56 Å². The van der Waals surface area contributed by atoms with E-state index >= 15 is 0 Å². The van der Waals surface area contributed by atoms with Gasteiger partial charge in [0.2, 0.25) is 5.43 Å². The van der Waals surface area contributed by atoms with Gasteiger partial charge in [0.05, 0.1) is 5.69 Å². The van der Waals surface area contributed by atoms with Crippen molar-refractivity contribution in [3.63, 3.8) is 0 Å². The highest BCUT2D eigenvalue weighted by molar-refractivity contribution is 9.10. The average Bonchev–Trinajstić information content (AvgIpc) is 2.75. The van der Waals surface area contributed by atoms with Gasteiger partial charge in [-0.15, -0.1) is 0 Å². The van der Waals surface area contributed by atoms with Crippen molar-refractivity contribution < 1.29 is 0 Å². The van der Waals surface area contributed by atoms with Crippen LogP contribution in [0.15, 0.2) is 63.9 Å². The fourth-order valence-corrected chi connectivity index (χ4v) is 3.04. The van der Waals surface area contributed by atoms with Gasteiger partial charge in [-0.2, -0.15) is 0 Å². The summed E-state index contributed by atoms with van der Waals surface area (Å²) in [5.41, 5.74) is 2.24. The van der Waals surface area contributed by atoms with Gasteiger partial charge in [0.25, 0.3) is 0 Å². The number of rotatable bonds is 3. The Morgan fingerprint density at radius 3 is 2.27 bits per heavy atom. The maximum Gasteiger partial charge on any atom is 0.201 e. The number of nitrogens with zero attached hydrogens (tertiary/aromatic N) is 2. The normalized spacial score (nSPS) is 15.8. The van der Waals surface area contributed by atoms with Crippen LogP contribution >= 0.6 is 15.9 Å². The molecule has 0 amide bonds. The van der Waals surface area contributed by atoms with Crippen molar-refractivity contribution in [2.75, 3.05) is 31.1 Å². The van der Waals surface area contributed by atoms with Gasteiger partial charge in [-0.25, -0.2) is 0 Å². The van der Waals surface area contributed by atoms with Gasteiger partial charge in [-0.05, 0) is 29.8 Å². The second-order valence-electron chi connectivity index (χ2n) is 5.55. The lowest BCUT2D eigenvalue weighted by Gasteiger charge is -2.35. The van der Waals surface area contributed by atoms with Crippen LogP contribution in [-0.4, -0.2) is 31.1 Å². The van der Waals surface area contributed by atoms with Gasteiger partial charge >= 0.3 is 0 Å². The lowest BCUT2D eigenvalue weighted by molar-refractivity contribution is 0.250. The highest BCUT2D eigenvalue weighted by Crippen LogP contribution is 2.15. The summed E-state index contributed by atoms with van der Waals surface area (Å²) in [5.74, 6) is 0. The monoisotopic (exact) mass is 358 g/mol. The standard InChI is InChI=1S/C18H19BrN2O/c19-16-8-6-15(7-9-16)14-20-10-12-21(13-11-20)17-4-2-1-3-5-18(17)22/h1-9H,10-14H2. The minimum atomic E-state index is 0.103. The van der Waals surface area contributed by atoms with E-state index in [1.54, 1.807) is 12.1 Å². The van der Waals surface area contributed by atoms with Crippen molar-refractivity contribution in [1.82, 2.24) is 4.90 Å². The van der Waals surface area contributed by atoms with Gasteiger partial charge in [-0.3, -0.25) is 9.69 Å². The van der Waals surface area contributed by atoms with E-state index in [1.807, 2.05) is 18.2 Å². The lowest BCUT2D eigenvalue weighted by Crippen LogP contribution is -2.47. The number of hydrogen-bond acceptors (Lipinski definition) is 3. The largest absolute Gasteiger partial charge is 0.366 e. The summed E-state index contributed by atoms with van der Waals surface area (Å²) < 4.78 is 1.11. The number of benzene rings is 1. The van der Waals surface area contributed by atoms with Crippen LogP contribution in [0.4, 0.5) is 5.69 Å².